The van der Waals surface area contributed by atoms with Crippen LogP contribution in [0.2, 0.25) is 0 Å². The van der Waals surface area contributed by atoms with Crippen molar-refractivity contribution in [3.8, 4) is 0 Å². The van der Waals surface area contributed by atoms with Crippen molar-refractivity contribution in [2.45, 2.75) is 44.7 Å². The number of rotatable bonds is 11. The lowest BCUT2D eigenvalue weighted by Crippen LogP contribution is -2.42. The first-order valence-corrected chi connectivity index (χ1v) is 7.92. The van der Waals surface area contributed by atoms with Gasteiger partial charge in [-0.1, -0.05) is 6.92 Å². The van der Waals surface area contributed by atoms with E-state index in [2.05, 4.69) is 11.8 Å². The monoisotopic (exact) mass is 288 g/mol. The molecule has 0 amide bonds. The quantitative estimate of drug-likeness (QED) is 0.580. The third-order valence-corrected chi connectivity index (χ3v) is 3.99. The van der Waals surface area contributed by atoms with E-state index < -0.39 is 0 Å². The van der Waals surface area contributed by atoms with E-state index in [-0.39, 0.29) is 0 Å². The number of ether oxygens (including phenoxy) is 3. The van der Waals surface area contributed by atoms with Crippen molar-refractivity contribution in [3.05, 3.63) is 0 Å². The van der Waals surface area contributed by atoms with Crippen molar-refractivity contribution in [2.75, 3.05) is 53.2 Å². The summed E-state index contributed by atoms with van der Waals surface area (Å²) in [5.41, 5.74) is 5.96. The molecule has 1 aliphatic rings. The molecule has 0 aliphatic heterocycles. The fourth-order valence-electron chi connectivity index (χ4n) is 2.71. The summed E-state index contributed by atoms with van der Waals surface area (Å²) in [4.78, 5) is 2.53. The van der Waals surface area contributed by atoms with Crippen LogP contribution in [0.25, 0.3) is 0 Å². The Hall–Kier alpha value is -0.200. The highest BCUT2D eigenvalue weighted by atomic mass is 16.5. The van der Waals surface area contributed by atoms with Gasteiger partial charge in [0.2, 0.25) is 0 Å². The Labute approximate surface area is 123 Å². The highest BCUT2D eigenvalue weighted by Gasteiger charge is 2.22. The van der Waals surface area contributed by atoms with Crippen LogP contribution in [-0.4, -0.2) is 70.2 Å². The van der Waals surface area contributed by atoms with Crippen molar-refractivity contribution in [3.63, 3.8) is 0 Å². The minimum absolute atomic E-state index is 0.422. The van der Waals surface area contributed by atoms with E-state index in [0.717, 1.165) is 32.5 Å². The molecule has 0 bridgehead atoms. The van der Waals surface area contributed by atoms with Crippen LogP contribution < -0.4 is 5.73 Å². The van der Waals surface area contributed by atoms with Crippen LogP contribution >= 0.6 is 0 Å². The van der Waals surface area contributed by atoms with Crippen LogP contribution in [-0.2, 0) is 14.2 Å². The Kier molecular flexibility index (Phi) is 10.2. The third-order valence-electron chi connectivity index (χ3n) is 3.99. The molecule has 0 aromatic carbocycles. The van der Waals surface area contributed by atoms with E-state index in [4.69, 9.17) is 19.9 Å². The number of hydrogen-bond acceptors (Lipinski definition) is 5. The average molecular weight is 288 g/mol. The summed E-state index contributed by atoms with van der Waals surface area (Å²) in [7, 11) is 1.68. The predicted molar refractivity (Wildman–Crippen MR) is 81.0 cm³/mol. The van der Waals surface area contributed by atoms with Gasteiger partial charge in [-0.3, -0.25) is 4.90 Å². The van der Waals surface area contributed by atoms with Gasteiger partial charge in [-0.05, 0) is 32.2 Å². The molecular formula is C15H32N2O3. The first-order chi connectivity index (χ1) is 9.77. The maximum Gasteiger partial charge on any atom is 0.0701 e. The van der Waals surface area contributed by atoms with Crippen LogP contribution in [0.1, 0.15) is 32.6 Å². The summed E-state index contributed by atoms with van der Waals surface area (Å²) < 4.78 is 15.9. The molecule has 1 rings (SSSR count). The smallest absolute Gasteiger partial charge is 0.0701 e. The maximum atomic E-state index is 5.96. The normalized spacial score (nSPS) is 23.4. The minimum Gasteiger partial charge on any atom is -0.382 e. The van der Waals surface area contributed by atoms with Gasteiger partial charge in [0.25, 0.3) is 0 Å². The highest BCUT2D eigenvalue weighted by molar-refractivity contribution is 4.80. The Morgan fingerprint density at radius 3 is 2.15 bits per heavy atom. The van der Waals surface area contributed by atoms with Gasteiger partial charge < -0.3 is 19.9 Å². The van der Waals surface area contributed by atoms with Crippen molar-refractivity contribution in [2.24, 2.45) is 5.73 Å². The molecule has 5 nitrogen and oxygen atoms in total. The first-order valence-electron chi connectivity index (χ1n) is 7.92. The lowest BCUT2D eigenvalue weighted by atomic mass is 9.91. The average Bonchev–Trinajstić information content (AvgIpc) is 2.47. The summed E-state index contributed by atoms with van der Waals surface area (Å²) in [6.07, 6.45) is 4.79. The number of likely N-dealkylation sites (N-methyl/N-ethyl adjacent to an activating group) is 1. The van der Waals surface area contributed by atoms with Crippen LogP contribution in [0.4, 0.5) is 0 Å². The SMILES string of the molecule is CCN(CCOCCOCCOC)C1CCC(N)CC1. The molecule has 0 atom stereocenters. The van der Waals surface area contributed by atoms with E-state index in [9.17, 15) is 0 Å². The summed E-state index contributed by atoms with van der Waals surface area (Å²) in [6, 6.07) is 1.12. The van der Waals surface area contributed by atoms with Crippen molar-refractivity contribution in [1.29, 1.82) is 0 Å². The summed E-state index contributed by atoms with van der Waals surface area (Å²) in [5, 5.41) is 0. The van der Waals surface area contributed by atoms with E-state index in [1.54, 1.807) is 7.11 Å². The minimum atomic E-state index is 0.422. The molecule has 0 heterocycles. The second-order valence-electron chi connectivity index (χ2n) is 5.41. The molecule has 0 aromatic rings. The van der Waals surface area contributed by atoms with Crippen LogP contribution in [0.15, 0.2) is 0 Å². The van der Waals surface area contributed by atoms with E-state index >= 15 is 0 Å². The molecule has 0 aromatic heterocycles. The van der Waals surface area contributed by atoms with Crippen molar-refractivity contribution in [1.82, 2.24) is 4.90 Å². The summed E-state index contributed by atoms with van der Waals surface area (Å²) in [6.45, 7) is 7.70. The molecule has 0 spiro atoms. The van der Waals surface area contributed by atoms with Crippen molar-refractivity contribution < 1.29 is 14.2 Å². The molecule has 1 fully saturated rings. The van der Waals surface area contributed by atoms with Gasteiger partial charge in [0.15, 0.2) is 0 Å². The molecule has 1 saturated carbocycles. The molecule has 1 aliphatic carbocycles. The predicted octanol–water partition coefficient (Wildman–Crippen LogP) is 1.26. The number of nitrogens with zero attached hydrogens (tertiary/aromatic N) is 1. The van der Waals surface area contributed by atoms with Gasteiger partial charge in [0.1, 0.15) is 0 Å². The molecular weight excluding hydrogens is 256 g/mol. The standard InChI is InChI=1S/C15H32N2O3/c1-3-17(15-6-4-14(16)5-7-15)8-9-19-12-13-20-11-10-18-2/h14-15H,3-13,16H2,1-2H3. The highest BCUT2D eigenvalue weighted by Crippen LogP contribution is 2.21. The second kappa shape index (κ2) is 11.5. The summed E-state index contributed by atoms with van der Waals surface area (Å²) in [5.74, 6) is 0. The molecule has 0 unspecified atom stereocenters. The van der Waals surface area contributed by atoms with Gasteiger partial charge in [-0.2, -0.15) is 0 Å². The first kappa shape index (κ1) is 17.9. The second-order valence-corrected chi connectivity index (χ2v) is 5.41. The fraction of sp³-hybridized carbons (Fsp3) is 1.00. The lowest BCUT2D eigenvalue weighted by molar-refractivity contribution is 0.0151. The fourth-order valence-corrected chi connectivity index (χ4v) is 2.71. The zero-order valence-corrected chi connectivity index (χ0v) is 13.2. The van der Waals surface area contributed by atoms with Crippen LogP contribution in [0.3, 0.4) is 0 Å². The molecule has 20 heavy (non-hydrogen) atoms. The van der Waals surface area contributed by atoms with Gasteiger partial charge in [-0.25, -0.2) is 0 Å². The van der Waals surface area contributed by atoms with Gasteiger partial charge >= 0.3 is 0 Å². The zero-order chi connectivity index (χ0) is 14.6. The Morgan fingerprint density at radius 1 is 0.950 bits per heavy atom. The van der Waals surface area contributed by atoms with E-state index in [0.29, 0.717) is 38.5 Å². The Bertz CT molecular complexity index is 221. The molecule has 5 heteroatoms. The Balaban J connectivity index is 2.01. The lowest BCUT2D eigenvalue weighted by Gasteiger charge is -2.35. The number of nitrogens with two attached hydrogens (primary N) is 1. The summed E-state index contributed by atoms with van der Waals surface area (Å²) >= 11 is 0. The van der Waals surface area contributed by atoms with Crippen LogP contribution in [0, 0.1) is 0 Å². The molecule has 2 N–H and O–H groups in total. The van der Waals surface area contributed by atoms with E-state index in [1.807, 2.05) is 0 Å². The van der Waals surface area contributed by atoms with Gasteiger partial charge in [0.05, 0.1) is 33.0 Å². The van der Waals surface area contributed by atoms with Crippen molar-refractivity contribution >= 4 is 0 Å². The Morgan fingerprint density at radius 2 is 1.55 bits per heavy atom. The zero-order valence-electron chi connectivity index (χ0n) is 13.2. The van der Waals surface area contributed by atoms with Crippen LogP contribution in [0.5, 0.6) is 0 Å². The molecule has 0 radical (unpaired) electrons. The molecule has 120 valence electrons. The topological polar surface area (TPSA) is 57.0 Å². The molecule has 0 saturated heterocycles. The number of methoxy groups -OCH3 is 1. The number of hydrogen-bond donors (Lipinski definition) is 1. The van der Waals surface area contributed by atoms with Gasteiger partial charge in [0, 0.05) is 25.7 Å². The van der Waals surface area contributed by atoms with Gasteiger partial charge in [-0.15, -0.1) is 0 Å². The maximum absolute atomic E-state index is 5.96. The van der Waals surface area contributed by atoms with E-state index in [1.165, 1.54) is 12.8 Å². The largest absolute Gasteiger partial charge is 0.382 e. The third kappa shape index (κ3) is 7.55.